The van der Waals surface area contributed by atoms with Crippen molar-refractivity contribution in [2.75, 3.05) is 31.1 Å². The van der Waals surface area contributed by atoms with Gasteiger partial charge in [0.15, 0.2) is 0 Å². The first-order valence-corrected chi connectivity index (χ1v) is 8.92. The van der Waals surface area contributed by atoms with Gasteiger partial charge in [0.05, 0.1) is 6.20 Å². The molecule has 0 bridgehead atoms. The Balaban J connectivity index is 1.65. The molecular weight excluding hydrogens is 298 g/mol. The van der Waals surface area contributed by atoms with Gasteiger partial charge in [-0.05, 0) is 42.2 Å². The van der Waals surface area contributed by atoms with E-state index in [9.17, 15) is 5.11 Å². The van der Waals surface area contributed by atoms with Crippen LogP contribution in [0.3, 0.4) is 0 Å². The molecule has 0 saturated carbocycles. The van der Waals surface area contributed by atoms with E-state index in [0.717, 1.165) is 38.3 Å². The van der Waals surface area contributed by atoms with Crippen molar-refractivity contribution >= 4 is 5.82 Å². The second-order valence-electron chi connectivity index (χ2n) is 7.15. The normalized spacial score (nSPS) is 15.9. The largest absolute Gasteiger partial charge is 0.507 e. The molecule has 0 spiro atoms. The zero-order valence-corrected chi connectivity index (χ0v) is 15.0. The van der Waals surface area contributed by atoms with Gasteiger partial charge in [-0.25, -0.2) is 4.98 Å². The van der Waals surface area contributed by atoms with Gasteiger partial charge >= 0.3 is 0 Å². The molecule has 128 valence electrons. The SMILES string of the molecule is Cc1cc(O)c(C[NH+]2CCN(c3cccc[nH+]3)CC2)cc1C(C)C. The second kappa shape index (κ2) is 7.22. The molecule has 1 saturated heterocycles. The summed E-state index contributed by atoms with van der Waals surface area (Å²) in [6.07, 6.45) is 1.98. The van der Waals surface area contributed by atoms with Crippen LogP contribution in [0.1, 0.15) is 36.5 Å². The highest BCUT2D eigenvalue weighted by molar-refractivity contribution is 5.42. The molecule has 0 unspecified atom stereocenters. The van der Waals surface area contributed by atoms with Gasteiger partial charge in [0.2, 0.25) is 0 Å². The van der Waals surface area contributed by atoms with Gasteiger partial charge in [-0.15, -0.1) is 0 Å². The Labute approximate surface area is 144 Å². The molecular formula is C20H29N3O+2. The van der Waals surface area contributed by atoms with Crippen LogP contribution in [0.4, 0.5) is 5.82 Å². The lowest BCUT2D eigenvalue weighted by atomic mass is 9.95. The van der Waals surface area contributed by atoms with Gasteiger partial charge in [0.1, 0.15) is 38.5 Å². The van der Waals surface area contributed by atoms with E-state index >= 15 is 0 Å². The number of phenols is 1. The Kier molecular flexibility index (Phi) is 5.05. The van der Waals surface area contributed by atoms with Gasteiger partial charge in [-0.3, -0.25) is 4.90 Å². The van der Waals surface area contributed by atoms with Crippen molar-refractivity contribution in [3.63, 3.8) is 0 Å². The predicted octanol–water partition coefficient (Wildman–Crippen LogP) is 1.54. The molecule has 2 aromatic rings. The Hall–Kier alpha value is -2.07. The Morgan fingerprint density at radius 1 is 1.21 bits per heavy atom. The fraction of sp³-hybridized carbons (Fsp3) is 0.450. The Morgan fingerprint density at radius 2 is 1.96 bits per heavy atom. The first-order valence-electron chi connectivity index (χ1n) is 8.92. The van der Waals surface area contributed by atoms with Crippen molar-refractivity contribution in [1.29, 1.82) is 0 Å². The summed E-state index contributed by atoms with van der Waals surface area (Å²) in [4.78, 5) is 7.25. The molecule has 0 aliphatic carbocycles. The van der Waals surface area contributed by atoms with Gasteiger partial charge in [-0.1, -0.05) is 19.9 Å². The number of H-pyrrole nitrogens is 1. The number of benzene rings is 1. The third kappa shape index (κ3) is 3.70. The number of aryl methyl sites for hydroxylation is 1. The molecule has 4 heteroatoms. The van der Waals surface area contributed by atoms with Crippen LogP contribution in [-0.4, -0.2) is 31.3 Å². The standard InChI is InChI=1S/C20H27N3O/c1-15(2)18-13-17(19(24)12-16(18)3)14-22-8-10-23(11-9-22)20-6-4-5-7-21-20/h4-7,12-13,15,24H,8-11,14H2,1-3H3/p+2. The maximum absolute atomic E-state index is 10.3. The topological polar surface area (TPSA) is 42.1 Å². The number of pyridine rings is 1. The molecule has 0 amide bonds. The Bertz CT molecular complexity index is 677. The summed E-state index contributed by atoms with van der Waals surface area (Å²) in [5, 5.41) is 10.3. The number of nitrogens with one attached hydrogen (secondary N) is 2. The van der Waals surface area contributed by atoms with E-state index in [0.29, 0.717) is 11.7 Å². The van der Waals surface area contributed by atoms with Crippen LogP contribution in [0.15, 0.2) is 36.5 Å². The van der Waals surface area contributed by atoms with E-state index in [-0.39, 0.29) is 0 Å². The average molecular weight is 327 g/mol. The maximum atomic E-state index is 10.3. The van der Waals surface area contributed by atoms with Crippen LogP contribution >= 0.6 is 0 Å². The first kappa shape index (κ1) is 16.8. The summed E-state index contributed by atoms with van der Waals surface area (Å²) in [7, 11) is 0. The smallest absolute Gasteiger partial charge is 0.274 e. The van der Waals surface area contributed by atoms with Crippen LogP contribution in [0, 0.1) is 6.92 Å². The van der Waals surface area contributed by atoms with Crippen molar-refractivity contribution in [1.82, 2.24) is 0 Å². The lowest BCUT2D eigenvalue weighted by molar-refractivity contribution is -0.914. The quantitative estimate of drug-likeness (QED) is 0.895. The van der Waals surface area contributed by atoms with Gasteiger partial charge in [0.25, 0.3) is 5.82 Å². The van der Waals surface area contributed by atoms with Gasteiger partial charge in [-0.2, -0.15) is 0 Å². The minimum atomic E-state index is 0.447. The summed E-state index contributed by atoms with van der Waals surface area (Å²) in [6.45, 7) is 11.7. The van der Waals surface area contributed by atoms with E-state index in [1.54, 1.807) is 0 Å². The summed E-state index contributed by atoms with van der Waals surface area (Å²) >= 11 is 0. The van der Waals surface area contributed by atoms with Crippen LogP contribution in [0.2, 0.25) is 0 Å². The zero-order valence-electron chi connectivity index (χ0n) is 15.0. The molecule has 1 aromatic carbocycles. The van der Waals surface area contributed by atoms with Crippen molar-refractivity contribution in [3.05, 3.63) is 53.2 Å². The summed E-state index contributed by atoms with van der Waals surface area (Å²) < 4.78 is 0. The van der Waals surface area contributed by atoms with Crippen LogP contribution in [0.25, 0.3) is 0 Å². The van der Waals surface area contributed by atoms with Crippen LogP contribution in [0.5, 0.6) is 5.75 Å². The highest BCUT2D eigenvalue weighted by Gasteiger charge is 2.26. The number of hydrogen-bond acceptors (Lipinski definition) is 2. The molecule has 3 rings (SSSR count). The number of aromatic nitrogens is 1. The number of aromatic hydroxyl groups is 1. The number of quaternary nitrogens is 1. The molecule has 1 aromatic heterocycles. The average Bonchev–Trinajstić information content (AvgIpc) is 2.58. The minimum absolute atomic E-state index is 0.447. The second-order valence-corrected chi connectivity index (χ2v) is 7.15. The summed E-state index contributed by atoms with van der Waals surface area (Å²) in [6, 6.07) is 10.4. The number of phenolic OH excluding ortho intramolecular Hbond substituents is 1. The number of rotatable bonds is 4. The van der Waals surface area contributed by atoms with E-state index in [1.807, 2.05) is 18.3 Å². The molecule has 1 aliphatic rings. The third-order valence-corrected chi connectivity index (χ3v) is 5.03. The van der Waals surface area contributed by atoms with Crippen molar-refractivity contribution in [2.45, 2.75) is 33.2 Å². The van der Waals surface area contributed by atoms with E-state index in [4.69, 9.17) is 0 Å². The summed E-state index contributed by atoms with van der Waals surface area (Å²) in [5.41, 5.74) is 3.62. The summed E-state index contributed by atoms with van der Waals surface area (Å²) in [5.74, 6) is 2.13. The predicted molar refractivity (Wildman–Crippen MR) is 96.5 cm³/mol. The van der Waals surface area contributed by atoms with Crippen molar-refractivity contribution in [3.8, 4) is 5.75 Å². The fourth-order valence-corrected chi connectivity index (χ4v) is 3.61. The molecule has 3 N–H and O–H groups in total. The molecule has 24 heavy (non-hydrogen) atoms. The number of aromatic amines is 1. The van der Waals surface area contributed by atoms with Gasteiger partial charge in [0, 0.05) is 11.6 Å². The highest BCUT2D eigenvalue weighted by atomic mass is 16.3. The van der Waals surface area contributed by atoms with Crippen LogP contribution < -0.4 is 14.8 Å². The van der Waals surface area contributed by atoms with E-state index in [2.05, 4.69) is 48.9 Å². The number of piperazine rings is 1. The number of nitrogens with zero attached hydrogens (tertiary/aromatic N) is 1. The highest BCUT2D eigenvalue weighted by Crippen LogP contribution is 2.26. The van der Waals surface area contributed by atoms with E-state index in [1.165, 1.54) is 21.8 Å². The first-order chi connectivity index (χ1) is 11.5. The molecule has 0 atom stereocenters. The molecule has 1 aliphatic heterocycles. The van der Waals surface area contributed by atoms with Gasteiger partial charge < -0.3 is 10.0 Å². The molecule has 4 nitrogen and oxygen atoms in total. The van der Waals surface area contributed by atoms with Crippen LogP contribution in [-0.2, 0) is 6.54 Å². The lowest BCUT2D eigenvalue weighted by Crippen LogP contribution is -3.13. The zero-order chi connectivity index (χ0) is 17.1. The monoisotopic (exact) mass is 327 g/mol. The molecule has 0 radical (unpaired) electrons. The lowest BCUT2D eigenvalue weighted by Gasteiger charge is -2.28. The molecule has 2 heterocycles. The Morgan fingerprint density at radius 3 is 2.58 bits per heavy atom. The number of anilines is 1. The maximum Gasteiger partial charge on any atom is 0.274 e. The third-order valence-electron chi connectivity index (χ3n) is 5.03. The number of hydrogen-bond donors (Lipinski definition) is 2. The fourth-order valence-electron chi connectivity index (χ4n) is 3.61. The van der Waals surface area contributed by atoms with E-state index < -0.39 is 0 Å². The minimum Gasteiger partial charge on any atom is -0.507 e. The molecule has 1 fully saturated rings. The van der Waals surface area contributed by atoms with Crippen molar-refractivity contribution < 1.29 is 15.0 Å². The van der Waals surface area contributed by atoms with Crippen molar-refractivity contribution in [2.24, 2.45) is 0 Å².